The van der Waals surface area contributed by atoms with Gasteiger partial charge in [0, 0.05) is 38.3 Å². The Morgan fingerprint density at radius 2 is 1.89 bits per heavy atom. The average Bonchev–Trinajstić information content (AvgIpc) is 2.94. The molecule has 0 saturated carbocycles. The van der Waals surface area contributed by atoms with Gasteiger partial charge < -0.3 is 35.6 Å². The van der Waals surface area contributed by atoms with Crippen molar-refractivity contribution in [3.8, 4) is 0 Å². The highest BCUT2D eigenvalue weighted by Gasteiger charge is 2.20. The number of aromatic nitrogens is 2. The summed E-state index contributed by atoms with van der Waals surface area (Å²) in [7, 11) is 3.16. The normalized spacial score (nSPS) is 15.0. The molecule has 4 rings (SSSR count). The minimum absolute atomic E-state index is 0.244. The highest BCUT2D eigenvalue weighted by molar-refractivity contribution is 6.02. The van der Waals surface area contributed by atoms with E-state index in [1.54, 1.807) is 31.4 Å². The van der Waals surface area contributed by atoms with Crippen LogP contribution in [0.25, 0.3) is 0 Å². The van der Waals surface area contributed by atoms with E-state index in [9.17, 15) is 9.59 Å². The van der Waals surface area contributed by atoms with Gasteiger partial charge in [0.15, 0.2) is 6.29 Å². The van der Waals surface area contributed by atoms with Crippen LogP contribution in [0.5, 0.6) is 0 Å². The molecule has 3 aromatic rings. The Morgan fingerprint density at radius 3 is 2.59 bits per heavy atom. The van der Waals surface area contributed by atoms with Crippen LogP contribution in [0.15, 0.2) is 67.4 Å². The molecule has 2 amide bonds. The van der Waals surface area contributed by atoms with Gasteiger partial charge in [0.05, 0.1) is 24.5 Å². The number of hydrogen-bond donors (Lipinski definition) is 4. The number of carbonyl (C=O) groups is 2. The molecule has 1 saturated heterocycles. The predicted octanol–water partition coefficient (Wildman–Crippen LogP) is 3.26. The van der Waals surface area contributed by atoms with Crippen LogP contribution < -0.4 is 26.2 Å². The third kappa shape index (κ3) is 6.40. The van der Waals surface area contributed by atoms with Crippen LogP contribution in [-0.4, -0.2) is 61.9 Å². The number of nitrogens with one attached hydrogen (secondary N) is 4. The third-order valence-electron chi connectivity index (χ3n) is 5.67. The second kappa shape index (κ2) is 12.0. The standard InChI is InChI=1S/C26H29N7O4/c1-4-22(34)30-20-7-5-6-8-21(20)31-24-19(25(35)27-2)15-28-26(32-24)29-17-9-11-18(12-10-17)33-13-14-37-23(16-33)36-3/h4-12,15,23H,1,13-14,16H2,2-3H3,(H,27,35)(H,30,34)(H2,28,29,31,32). The molecule has 11 heteroatoms. The Morgan fingerprint density at radius 1 is 1.14 bits per heavy atom. The molecule has 1 aromatic heterocycles. The zero-order chi connectivity index (χ0) is 26.2. The maximum atomic E-state index is 12.5. The molecular formula is C26H29N7O4. The van der Waals surface area contributed by atoms with Crippen molar-refractivity contribution in [1.82, 2.24) is 15.3 Å². The number of morpholine rings is 1. The number of rotatable bonds is 9. The fraction of sp³-hybridized carbons (Fsp3) is 0.231. The van der Waals surface area contributed by atoms with Crippen LogP contribution in [0.4, 0.5) is 34.5 Å². The van der Waals surface area contributed by atoms with Gasteiger partial charge in [0.25, 0.3) is 5.91 Å². The van der Waals surface area contributed by atoms with Gasteiger partial charge in [0.1, 0.15) is 11.4 Å². The molecule has 192 valence electrons. The lowest BCUT2D eigenvalue weighted by Gasteiger charge is -2.33. The second-order valence-electron chi connectivity index (χ2n) is 8.05. The molecule has 0 aliphatic carbocycles. The van der Waals surface area contributed by atoms with Crippen LogP contribution in [-0.2, 0) is 14.3 Å². The first-order valence-electron chi connectivity index (χ1n) is 11.7. The summed E-state index contributed by atoms with van der Waals surface area (Å²) in [5, 5.41) is 11.6. The highest BCUT2D eigenvalue weighted by atomic mass is 16.7. The monoisotopic (exact) mass is 503 g/mol. The maximum Gasteiger partial charge on any atom is 0.256 e. The summed E-state index contributed by atoms with van der Waals surface area (Å²) in [5.41, 5.74) is 3.13. The number of para-hydroxylation sites is 2. The van der Waals surface area contributed by atoms with E-state index in [2.05, 4.69) is 42.7 Å². The first kappa shape index (κ1) is 25.6. The average molecular weight is 504 g/mol. The van der Waals surface area contributed by atoms with Crippen molar-refractivity contribution in [2.75, 3.05) is 54.7 Å². The number of carbonyl (C=O) groups excluding carboxylic acids is 2. The van der Waals surface area contributed by atoms with E-state index >= 15 is 0 Å². The van der Waals surface area contributed by atoms with Crippen molar-refractivity contribution in [2.24, 2.45) is 0 Å². The summed E-state index contributed by atoms with van der Waals surface area (Å²) in [6.07, 6.45) is 2.37. The van der Waals surface area contributed by atoms with Gasteiger partial charge in [-0.3, -0.25) is 9.59 Å². The van der Waals surface area contributed by atoms with Crippen LogP contribution >= 0.6 is 0 Å². The second-order valence-corrected chi connectivity index (χ2v) is 8.05. The number of ether oxygens (including phenoxy) is 2. The molecule has 1 fully saturated rings. The van der Waals surface area contributed by atoms with Crippen molar-refractivity contribution >= 4 is 46.3 Å². The maximum absolute atomic E-state index is 12.5. The highest BCUT2D eigenvalue weighted by Crippen LogP contribution is 2.28. The lowest BCUT2D eigenvalue weighted by molar-refractivity contribution is -0.128. The van der Waals surface area contributed by atoms with E-state index in [0.717, 1.165) is 17.9 Å². The van der Waals surface area contributed by atoms with Crippen molar-refractivity contribution in [2.45, 2.75) is 6.29 Å². The SMILES string of the molecule is C=CC(=O)Nc1ccccc1Nc1nc(Nc2ccc(N3CCOC(OC)C3)cc2)ncc1C(=O)NC. The molecule has 2 heterocycles. The first-order valence-corrected chi connectivity index (χ1v) is 11.7. The molecule has 11 nitrogen and oxygen atoms in total. The van der Waals surface area contributed by atoms with Crippen LogP contribution in [0, 0.1) is 0 Å². The number of methoxy groups -OCH3 is 1. The van der Waals surface area contributed by atoms with Crippen molar-refractivity contribution in [3.63, 3.8) is 0 Å². The predicted molar refractivity (Wildman–Crippen MR) is 143 cm³/mol. The van der Waals surface area contributed by atoms with Gasteiger partial charge >= 0.3 is 0 Å². The molecule has 1 atom stereocenters. The summed E-state index contributed by atoms with van der Waals surface area (Å²) >= 11 is 0. The first-order chi connectivity index (χ1) is 18.0. The minimum atomic E-state index is -0.357. The fourth-order valence-corrected chi connectivity index (χ4v) is 3.73. The molecule has 1 unspecified atom stereocenters. The van der Waals surface area contributed by atoms with Gasteiger partial charge in [-0.2, -0.15) is 4.98 Å². The largest absolute Gasteiger partial charge is 0.364 e. The molecule has 37 heavy (non-hydrogen) atoms. The molecule has 2 aromatic carbocycles. The van der Waals surface area contributed by atoms with Crippen molar-refractivity contribution < 1.29 is 19.1 Å². The van der Waals surface area contributed by atoms with Gasteiger partial charge in [-0.25, -0.2) is 4.98 Å². The topological polar surface area (TPSA) is 130 Å². The van der Waals surface area contributed by atoms with Crippen LogP contribution in [0.3, 0.4) is 0 Å². The van der Waals surface area contributed by atoms with E-state index in [4.69, 9.17) is 9.47 Å². The molecular weight excluding hydrogens is 474 g/mol. The molecule has 0 spiro atoms. The molecule has 0 radical (unpaired) electrons. The Kier molecular flexibility index (Phi) is 8.29. The number of hydrogen-bond acceptors (Lipinski definition) is 9. The van der Waals surface area contributed by atoms with Crippen molar-refractivity contribution in [3.05, 3.63) is 72.9 Å². The summed E-state index contributed by atoms with van der Waals surface area (Å²) in [6.45, 7) is 5.51. The van der Waals surface area contributed by atoms with E-state index in [0.29, 0.717) is 30.5 Å². The Hall–Kier alpha value is -4.48. The van der Waals surface area contributed by atoms with E-state index in [-0.39, 0.29) is 29.5 Å². The van der Waals surface area contributed by atoms with Crippen molar-refractivity contribution in [1.29, 1.82) is 0 Å². The van der Waals surface area contributed by atoms with E-state index < -0.39 is 0 Å². The van der Waals surface area contributed by atoms with Gasteiger partial charge in [-0.1, -0.05) is 18.7 Å². The Bertz CT molecular complexity index is 1270. The quantitative estimate of drug-likeness (QED) is 0.325. The molecule has 4 N–H and O–H groups in total. The zero-order valence-electron chi connectivity index (χ0n) is 20.7. The lowest BCUT2D eigenvalue weighted by Crippen LogP contribution is -2.43. The number of anilines is 6. The fourth-order valence-electron chi connectivity index (χ4n) is 3.73. The lowest BCUT2D eigenvalue weighted by atomic mass is 10.2. The van der Waals surface area contributed by atoms with Gasteiger partial charge in [0.2, 0.25) is 11.9 Å². The summed E-state index contributed by atoms with van der Waals surface area (Å²) in [5.74, 6) is -0.149. The smallest absolute Gasteiger partial charge is 0.256 e. The van der Waals surface area contributed by atoms with Gasteiger partial charge in [-0.15, -0.1) is 0 Å². The van der Waals surface area contributed by atoms with E-state index in [1.807, 2.05) is 24.3 Å². The zero-order valence-corrected chi connectivity index (χ0v) is 20.7. The van der Waals surface area contributed by atoms with Crippen LogP contribution in [0.2, 0.25) is 0 Å². The van der Waals surface area contributed by atoms with Crippen LogP contribution in [0.1, 0.15) is 10.4 Å². The summed E-state index contributed by atoms with van der Waals surface area (Å²) in [4.78, 5) is 35.4. The molecule has 0 bridgehead atoms. The number of benzene rings is 2. The van der Waals surface area contributed by atoms with E-state index in [1.165, 1.54) is 19.3 Å². The summed E-state index contributed by atoms with van der Waals surface area (Å²) < 4.78 is 10.9. The number of amides is 2. The Balaban J connectivity index is 1.55. The number of nitrogens with zero attached hydrogens (tertiary/aromatic N) is 3. The summed E-state index contributed by atoms with van der Waals surface area (Å²) in [6, 6.07) is 14.9. The Labute approximate surface area is 214 Å². The minimum Gasteiger partial charge on any atom is -0.364 e. The molecule has 1 aliphatic heterocycles. The third-order valence-corrected chi connectivity index (χ3v) is 5.67. The van der Waals surface area contributed by atoms with Gasteiger partial charge in [-0.05, 0) is 42.5 Å². The molecule has 1 aliphatic rings.